The van der Waals surface area contributed by atoms with E-state index in [0.29, 0.717) is 6.61 Å². The number of benzene rings is 1. The Morgan fingerprint density at radius 2 is 2.08 bits per heavy atom. The van der Waals surface area contributed by atoms with Gasteiger partial charge < -0.3 is 24.1 Å². The Morgan fingerprint density at radius 3 is 2.71 bits per heavy atom. The second kappa shape index (κ2) is 7.60. The predicted octanol–water partition coefficient (Wildman–Crippen LogP) is 2.24. The van der Waals surface area contributed by atoms with Crippen molar-refractivity contribution in [3.63, 3.8) is 0 Å². The van der Waals surface area contributed by atoms with Crippen molar-refractivity contribution in [1.29, 1.82) is 0 Å². The van der Waals surface area contributed by atoms with E-state index in [1.54, 1.807) is 7.11 Å². The van der Waals surface area contributed by atoms with Crippen LogP contribution in [0.2, 0.25) is 0 Å². The SMILES string of the molecule is COc1ccc(C2OC[C@H]3O[C@@H](SC)C(N=[N+]=[N-])C(O)[C@@H]3O2)cc1. The molecule has 2 aliphatic heterocycles. The molecule has 0 aromatic heterocycles. The quantitative estimate of drug-likeness (QED) is 0.505. The van der Waals surface area contributed by atoms with Crippen molar-refractivity contribution in [3.8, 4) is 5.75 Å². The monoisotopic (exact) mass is 353 g/mol. The van der Waals surface area contributed by atoms with Crippen molar-refractivity contribution in [3.05, 3.63) is 40.3 Å². The lowest BCUT2D eigenvalue weighted by atomic mass is 9.97. The summed E-state index contributed by atoms with van der Waals surface area (Å²) in [6, 6.07) is 6.61. The van der Waals surface area contributed by atoms with Crippen molar-refractivity contribution in [2.75, 3.05) is 20.0 Å². The summed E-state index contributed by atoms with van der Waals surface area (Å²) in [6.45, 7) is 0.290. The molecule has 0 radical (unpaired) electrons. The molecular formula is C15H19N3O5S. The molecule has 9 heteroatoms. The highest BCUT2D eigenvalue weighted by atomic mass is 32.2. The lowest BCUT2D eigenvalue weighted by molar-refractivity contribution is -0.305. The first-order chi connectivity index (χ1) is 11.7. The van der Waals surface area contributed by atoms with Gasteiger partial charge in [0.05, 0.1) is 19.8 Å². The van der Waals surface area contributed by atoms with E-state index >= 15 is 0 Å². The van der Waals surface area contributed by atoms with Crippen LogP contribution < -0.4 is 4.74 Å². The van der Waals surface area contributed by atoms with Crippen LogP contribution in [0.5, 0.6) is 5.75 Å². The minimum atomic E-state index is -0.957. The number of azide groups is 1. The lowest BCUT2D eigenvalue weighted by Crippen LogP contribution is -2.60. The summed E-state index contributed by atoms with van der Waals surface area (Å²) in [5, 5.41) is 14.3. The van der Waals surface area contributed by atoms with Crippen LogP contribution in [0.15, 0.2) is 29.4 Å². The highest BCUT2D eigenvalue weighted by Gasteiger charge is 2.48. The molecule has 0 bridgehead atoms. The molecule has 24 heavy (non-hydrogen) atoms. The smallest absolute Gasteiger partial charge is 0.184 e. The van der Waals surface area contributed by atoms with Gasteiger partial charge in [0.25, 0.3) is 0 Å². The first-order valence-electron chi connectivity index (χ1n) is 7.49. The van der Waals surface area contributed by atoms with Gasteiger partial charge in [-0.1, -0.05) is 17.2 Å². The average Bonchev–Trinajstić information content (AvgIpc) is 2.63. The van der Waals surface area contributed by atoms with Crippen LogP contribution in [0.1, 0.15) is 11.9 Å². The second-order valence-corrected chi connectivity index (χ2v) is 6.44. The Hall–Kier alpha value is -1.48. The topological polar surface area (TPSA) is 106 Å². The van der Waals surface area contributed by atoms with Crippen LogP contribution in [-0.2, 0) is 14.2 Å². The van der Waals surface area contributed by atoms with Crippen LogP contribution in [0.25, 0.3) is 10.4 Å². The molecule has 3 rings (SSSR count). The Balaban J connectivity index is 1.76. The van der Waals surface area contributed by atoms with Crippen molar-refractivity contribution in [1.82, 2.24) is 0 Å². The Kier molecular flexibility index (Phi) is 5.50. The molecule has 0 amide bonds. The van der Waals surface area contributed by atoms with Crippen molar-refractivity contribution in [2.24, 2.45) is 5.11 Å². The average molecular weight is 353 g/mol. The summed E-state index contributed by atoms with van der Waals surface area (Å²) in [5.74, 6) is 0.736. The first kappa shape index (κ1) is 17.3. The van der Waals surface area contributed by atoms with Crippen molar-refractivity contribution in [2.45, 2.75) is 36.1 Å². The highest BCUT2D eigenvalue weighted by molar-refractivity contribution is 7.99. The summed E-state index contributed by atoms with van der Waals surface area (Å²) < 4.78 is 22.6. The van der Waals surface area contributed by atoms with Gasteiger partial charge in [-0.15, -0.1) is 11.8 Å². The molecule has 3 unspecified atom stereocenters. The van der Waals surface area contributed by atoms with E-state index in [9.17, 15) is 5.11 Å². The summed E-state index contributed by atoms with van der Waals surface area (Å²) >= 11 is 1.38. The van der Waals surface area contributed by atoms with Gasteiger partial charge in [0.15, 0.2) is 6.29 Å². The maximum atomic E-state index is 10.6. The number of methoxy groups -OCH3 is 1. The van der Waals surface area contributed by atoms with Crippen LogP contribution in [0, 0.1) is 0 Å². The van der Waals surface area contributed by atoms with Crippen molar-refractivity contribution < 1.29 is 24.1 Å². The number of fused-ring (bicyclic) bond motifs is 1. The molecule has 1 aromatic carbocycles. The van der Waals surface area contributed by atoms with Gasteiger partial charge in [-0.2, -0.15) is 0 Å². The van der Waals surface area contributed by atoms with Gasteiger partial charge in [0.1, 0.15) is 29.4 Å². The molecule has 130 valence electrons. The van der Waals surface area contributed by atoms with E-state index in [1.165, 1.54) is 11.8 Å². The predicted molar refractivity (Wildman–Crippen MR) is 87.7 cm³/mol. The lowest BCUT2D eigenvalue weighted by Gasteiger charge is -2.46. The zero-order valence-corrected chi connectivity index (χ0v) is 14.1. The third-order valence-electron chi connectivity index (χ3n) is 4.14. The Labute approximate surface area is 143 Å². The number of hydrogen-bond acceptors (Lipinski definition) is 7. The van der Waals surface area contributed by atoms with Gasteiger partial charge in [0.2, 0.25) is 0 Å². The Bertz CT molecular complexity index is 610. The maximum Gasteiger partial charge on any atom is 0.184 e. The largest absolute Gasteiger partial charge is 0.497 e. The van der Waals surface area contributed by atoms with Crippen LogP contribution in [0.3, 0.4) is 0 Å². The van der Waals surface area contributed by atoms with Gasteiger partial charge in [-0.3, -0.25) is 0 Å². The zero-order chi connectivity index (χ0) is 17.1. The van der Waals surface area contributed by atoms with E-state index in [-0.39, 0.29) is 0 Å². The standard InChI is InChI=1S/C15H19N3O5S/c1-20-9-5-3-8(4-6-9)14-21-7-10-13(23-14)12(19)11(17-18-16)15(22-10)24-2/h3-6,10-15,19H,7H2,1-2H3/t10-,11?,12?,13-,14?,15+/m1/s1. The van der Waals surface area contributed by atoms with Crippen LogP contribution in [0.4, 0.5) is 0 Å². The van der Waals surface area contributed by atoms with E-state index in [0.717, 1.165) is 11.3 Å². The van der Waals surface area contributed by atoms with Gasteiger partial charge in [-0.05, 0) is 23.9 Å². The number of aliphatic hydroxyl groups is 1. The Morgan fingerprint density at radius 1 is 1.33 bits per heavy atom. The molecule has 0 saturated carbocycles. The van der Waals surface area contributed by atoms with E-state index < -0.39 is 36.1 Å². The van der Waals surface area contributed by atoms with E-state index in [1.807, 2.05) is 30.5 Å². The fraction of sp³-hybridized carbons (Fsp3) is 0.600. The van der Waals surface area contributed by atoms with Gasteiger partial charge in [0, 0.05) is 10.5 Å². The molecule has 2 saturated heterocycles. The van der Waals surface area contributed by atoms with E-state index in [4.69, 9.17) is 24.5 Å². The molecule has 2 fully saturated rings. The minimum absolute atomic E-state index is 0.290. The number of ether oxygens (including phenoxy) is 4. The number of rotatable bonds is 4. The molecular weight excluding hydrogens is 334 g/mol. The summed E-state index contributed by atoms with van der Waals surface area (Å²) in [6.07, 6.45) is -0.765. The fourth-order valence-corrected chi connectivity index (χ4v) is 3.63. The first-order valence-corrected chi connectivity index (χ1v) is 8.78. The zero-order valence-electron chi connectivity index (χ0n) is 13.3. The maximum absolute atomic E-state index is 10.6. The minimum Gasteiger partial charge on any atom is -0.497 e. The molecule has 1 N–H and O–H groups in total. The number of hydrogen-bond donors (Lipinski definition) is 1. The summed E-state index contributed by atoms with van der Waals surface area (Å²) in [7, 11) is 1.60. The molecule has 8 nitrogen and oxygen atoms in total. The second-order valence-electron chi connectivity index (χ2n) is 5.50. The molecule has 2 aliphatic rings. The molecule has 0 aliphatic carbocycles. The fourth-order valence-electron chi connectivity index (χ4n) is 2.89. The van der Waals surface area contributed by atoms with Crippen LogP contribution in [-0.4, -0.2) is 54.9 Å². The summed E-state index contributed by atoms with van der Waals surface area (Å²) in [4.78, 5) is 2.81. The number of nitrogens with zero attached hydrogens (tertiary/aromatic N) is 3. The molecule has 1 aromatic rings. The van der Waals surface area contributed by atoms with Crippen LogP contribution >= 0.6 is 11.8 Å². The van der Waals surface area contributed by atoms with Crippen molar-refractivity contribution >= 4 is 11.8 Å². The summed E-state index contributed by atoms with van der Waals surface area (Å²) in [5.41, 5.74) is 9.11. The molecule has 6 atom stereocenters. The molecule has 0 spiro atoms. The number of aliphatic hydroxyl groups excluding tert-OH is 1. The number of thioether (sulfide) groups is 1. The van der Waals surface area contributed by atoms with Gasteiger partial charge >= 0.3 is 0 Å². The molecule has 2 heterocycles. The highest BCUT2D eigenvalue weighted by Crippen LogP contribution is 2.37. The van der Waals surface area contributed by atoms with Gasteiger partial charge in [-0.25, -0.2) is 0 Å². The normalized spacial score (nSPS) is 35.6. The third kappa shape index (κ3) is 3.32. The van der Waals surface area contributed by atoms with E-state index in [2.05, 4.69) is 10.0 Å². The third-order valence-corrected chi connectivity index (χ3v) is 4.99.